The normalized spacial score (nSPS) is 8.15. The van der Waals surface area contributed by atoms with Crippen molar-refractivity contribution < 1.29 is 0 Å². The van der Waals surface area contributed by atoms with Crippen LogP contribution in [0, 0.1) is 19.8 Å². The van der Waals surface area contributed by atoms with E-state index in [4.69, 9.17) is 23.2 Å². The van der Waals surface area contributed by atoms with Gasteiger partial charge in [-0.3, -0.25) is 0 Å². The van der Waals surface area contributed by atoms with E-state index in [0.29, 0.717) is 11.8 Å². The van der Waals surface area contributed by atoms with Gasteiger partial charge in [-0.2, -0.15) is 0 Å². The van der Waals surface area contributed by atoms with Crippen LogP contribution in [0.2, 0.25) is 0 Å². The van der Waals surface area contributed by atoms with E-state index >= 15 is 0 Å². The molecule has 0 spiro atoms. The van der Waals surface area contributed by atoms with Crippen molar-refractivity contribution in [2.24, 2.45) is 0 Å². The van der Waals surface area contributed by atoms with E-state index in [2.05, 4.69) is 19.8 Å². The standard InChI is InChI=1S/C10H12Cl2Te/c11-7-3-1-5-9-13-10-6-2-4-8-12/h1-4,7-8H2. The number of halogens is 2. The van der Waals surface area contributed by atoms with Gasteiger partial charge >= 0.3 is 101 Å². The van der Waals surface area contributed by atoms with Gasteiger partial charge in [-0.05, 0) is 0 Å². The molecule has 0 saturated heterocycles. The summed E-state index contributed by atoms with van der Waals surface area (Å²) >= 11 is 10.6. The maximum absolute atomic E-state index is 5.50. The minimum atomic E-state index is -0.381. The molecular formula is C10H12Cl2Te. The molecule has 0 saturated carbocycles. The van der Waals surface area contributed by atoms with Gasteiger partial charge in [-0.15, -0.1) is 0 Å². The number of rotatable bonds is 4. The van der Waals surface area contributed by atoms with Gasteiger partial charge in [-0.25, -0.2) is 0 Å². The fourth-order valence-electron chi connectivity index (χ4n) is 0.510. The summed E-state index contributed by atoms with van der Waals surface area (Å²) in [5.41, 5.74) is 0. The van der Waals surface area contributed by atoms with Crippen LogP contribution in [-0.2, 0) is 0 Å². The molecule has 13 heavy (non-hydrogen) atoms. The van der Waals surface area contributed by atoms with Crippen LogP contribution in [0.1, 0.15) is 25.7 Å². The molecule has 0 aromatic rings. The predicted octanol–water partition coefficient (Wildman–Crippen LogP) is 2.65. The van der Waals surface area contributed by atoms with E-state index in [1.807, 2.05) is 0 Å². The predicted molar refractivity (Wildman–Crippen MR) is 61.2 cm³/mol. The second-order valence-corrected chi connectivity index (χ2v) is 4.75. The molecule has 0 heterocycles. The molecule has 0 aromatic carbocycles. The molecule has 0 rings (SSSR count). The number of alkyl halides is 2. The van der Waals surface area contributed by atoms with Crippen molar-refractivity contribution in [1.82, 2.24) is 0 Å². The maximum atomic E-state index is 5.50. The Labute approximate surface area is 101 Å². The Morgan fingerprint density at radius 1 is 0.846 bits per heavy atom. The van der Waals surface area contributed by atoms with Crippen LogP contribution >= 0.6 is 23.2 Å². The average molecular weight is 331 g/mol. The van der Waals surface area contributed by atoms with Crippen LogP contribution in [0.25, 0.3) is 0 Å². The Hall–Kier alpha value is 0.490. The molecular weight excluding hydrogens is 319 g/mol. The van der Waals surface area contributed by atoms with Crippen molar-refractivity contribution >= 4 is 44.1 Å². The quantitative estimate of drug-likeness (QED) is 0.322. The summed E-state index contributed by atoms with van der Waals surface area (Å²) in [5.74, 6) is 7.55. The monoisotopic (exact) mass is 332 g/mol. The van der Waals surface area contributed by atoms with Crippen molar-refractivity contribution in [2.75, 3.05) is 11.8 Å². The first-order valence-electron chi connectivity index (χ1n) is 4.15. The zero-order chi connectivity index (χ0) is 9.78. The van der Waals surface area contributed by atoms with Gasteiger partial charge in [0.15, 0.2) is 0 Å². The summed E-state index contributed by atoms with van der Waals surface area (Å²) in [5, 5.41) is 0. The zero-order valence-corrected chi connectivity index (χ0v) is 11.2. The Balaban J connectivity index is 3.28. The van der Waals surface area contributed by atoms with Gasteiger partial charge in [-0.1, -0.05) is 0 Å². The van der Waals surface area contributed by atoms with E-state index in [1.165, 1.54) is 0 Å². The van der Waals surface area contributed by atoms with Crippen LogP contribution in [0.3, 0.4) is 0 Å². The van der Waals surface area contributed by atoms with Crippen LogP contribution in [0.5, 0.6) is 0 Å². The molecule has 0 radical (unpaired) electrons. The number of hydrogen-bond donors (Lipinski definition) is 0. The number of unbranched alkanes of at least 4 members (excludes halogenated alkanes) is 2. The average Bonchev–Trinajstić information content (AvgIpc) is 2.16. The van der Waals surface area contributed by atoms with Crippen LogP contribution in [0.15, 0.2) is 0 Å². The minimum absolute atomic E-state index is 0.381. The SMILES string of the molecule is ClCCCC#C[Te]C#CCCCCl. The van der Waals surface area contributed by atoms with Crippen molar-refractivity contribution in [1.29, 1.82) is 0 Å². The first-order chi connectivity index (χ1) is 6.41. The fraction of sp³-hybridized carbons (Fsp3) is 0.600. The fourth-order valence-corrected chi connectivity index (χ4v) is 1.92. The third kappa shape index (κ3) is 12.5. The summed E-state index contributed by atoms with van der Waals surface area (Å²) in [7, 11) is 0. The number of hydrogen-bond acceptors (Lipinski definition) is 0. The molecule has 0 fully saturated rings. The third-order valence-corrected chi connectivity index (χ3v) is 3.06. The molecule has 0 unspecified atom stereocenters. The Morgan fingerprint density at radius 3 is 1.69 bits per heavy atom. The van der Waals surface area contributed by atoms with Crippen LogP contribution < -0.4 is 0 Å². The molecule has 0 aliphatic heterocycles. The summed E-state index contributed by atoms with van der Waals surface area (Å²) in [6.07, 6.45) is 3.80. The molecule has 0 aliphatic carbocycles. The first-order valence-corrected chi connectivity index (χ1v) is 7.55. The third-order valence-electron chi connectivity index (χ3n) is 1.12. The Bertz CT molecular complexity index is 193. The van der Waals surface area contributed by atoms with Gasteiger partial charge in [0.25, 0.3) is 0 Å². The summed E-state index contributed by atoms with van der Waals surface area (Å²) in [4.78, 5) is 0. The molecule has 0 nitrogen and oxygen atoms in total. The topological polar surface area (TPSA) is 0 Å². The van der Waals surface area contributed by atoms with Crippen LogP contribution in [-0.4, -0.2) is 32.7 Å². The van der Waals surface area contributed by atoms with E-state index in [1.54, 1.807) is 0 Å². The Kier molecular flexibility index (Phi) is 13.0. The molecule has 0 atom stereocenters. The van der Waals surface area contributed by atoms with Crippen molar-refractivity contribution in [3.05, 3.63) is 0 Å². The van der Waals surface area contributed by atoms with Gasteiger partial charge < -0.3 is 0 Å². The molecule has 3 heteroatoms. The second-order valence-electron chi connectivity index (χ2n) is 2.24. The van der Waals surface area contributed by atoms with E-state index in [9.17, 15) is 0 Å². The van der Waals surface area contributed by atoms with Crippen molar-refractivity contribution in [3.8, 4) is 19.8 Å². The second kappa shape index (κ2) is 12.5. The van der Waals surface area contributed by atoms with E-state index < -0.39 is 0 Å². The molecule has 72 valence electrons. The Morgan fingerprint density at radius 2 is 1.31 bits per heavy atom. The van der Waals surface area contributed by atoms with Gasteiger partial charge in [0.1, 0.15) is 0 Å². The van der Waals surface area contributed by atoms with Crippen LogP contribution in [0.4, 0.5) is 0 Å². The zero-order valence-electron chi connectivity index (χ0n) is 7.41. The molecule has 0 aliphatic rings. The van der Waals surface area contributed by atoms with Gasteiger partial charge in [0.2, 0.25) is 0 Å². The van der Waals surface area contributed by atoms with Crippen molar-refractivity contribution in [3.63, 3.8) is 0 Å². The first kappa shape index (κ1) is 13.5. The van der Waals surface area contributed by atoms with Gasteiger partial charge in [0.05, 0.1) is 0 Å². The molecule has 0 aromatic heterocycles. The molecule has 0 N–H and O–H groups in total. The summed E-state index contributed by atoms with van der Waals surface area (Å²) < 4.78 is 6.22. The summed E-state index contributed by atoms with van der Waals surface area (Å²) in [6.45, 7) is 0. The van der Waals surface area contributed by atoms with E-state index in [-0.39, 0.29) is 20.9 Å². The molecule has 0 amide bonds. The van der Waals surface area contributed by atoms with Crippen molar-refractivity contribution in [2.45, 2.75) is 25.7 Å². The van der Waals surface area contributed by atoms with Gasteiger partial charge in [0, 0.05) is 0 Å². The van der Waals surface area contributed by atoms with E-state index in [0.717, 1.165) is 25.7 Å². The molecule has 0 bridgehead atoms. The summed E-state index contributed by atoms with van der Waals surface area (Å²) in [6, 6.07) is 0.